The second-order valence-electron chi connectivity index (χ2n) is 4.85. The van der Waals surface area contributed by atoms with Crippen molar-refractivity contribution in [2.24, 2.45) is 0 Å². The first-order chi connectivity index (χ1) is 9.43. The molecule has 2 aromatic carbocycles. The van der Waals surface area contributed by atoms with Crippen molar-refractivity contribution < 1.29 is 0 Å². The molecule has 2 rings (SSSR count). The number of rotatable bonds is 3. The van der Waals surface area contributed by atoms with Gasteiger partial charge in [0.25, 0.3) is 0 Å². The van der Waals surface area contributed by atoms with E-state index in [1.807, 2.05) is 38.2 Å². The van der Waals surface area contributed by atoms with E-state index in [2.05, 4.69) is 34.2 Å². The average molecular weight is 373 g/mol. The zero-order valence-electron chi connectivity index (χ0n) is 11.6. The molecule has 0 amide bonds. The van der Waals surface area contributed by atoms with Gasteiger partial charge in [0.05, 0.1) is 11.1 Å². The second kappa shape index (κ2) is 6.48. The maximum Gasteiger partial charge on any atom is 0.0577 e. The summed E-state index contributed by atoms with van der Waals surface area (Å²) in [4.78, 5) is 0. The third-order valence-electron chi connectivity index (χ3n) is 3.42. The van der Waals surface area contributed by atoms with Crippen LogP contribution in [0.4, 0.5) is 0 Å². The van der Waals surface area contributed by atoms with Crippen molar-refractivity contribution in [3.63, 3.8) is 0 Å². The summed E-state index contributed by atoms with van der Waals surface area (Å²) in [7, 11) is 1.95. The molecule has 1 nitrogen and oxygen atoms in total. The van der Waals surface area contributed by atoms with E-state index in [-0.39, 0.29) is 6.04 Å². The van der Waals surface area contributed by atoms with Crippen LogP contribution in [0.3, 0.4) is 0 Å². The van der Waals surface area contributed by atoms with Crippen molar-refractivity contribution in [1.29, 1.82) is 0 Å². The molecule has 20 heavy (non-hydrogen) atoms. The van der Waals surface area contributed by atoms with Crippen LogP contribution in [-0.2, 0) is 0 Å². The Labute approximate surface area is 138 Å². The summed E-state index contributed by atoms with van der Waals surface area (Å²) in [5.41, 5.74) is 4.64. The van der Waals surface area contributed by atoms with Gasteiger partial charge >= 0.3 is 0 Å². The van der Waals surface area contributed by atoms with Crippen molar-refractivity contribution >= 4 is 39.1 Å². The SMILES string of the molecule is CNC(c1ccc(Cl)c(Br)c1)c1cc(C)c(Cl)cc1C. The van der Waals surface area contributed by atoms with E-state index in [1.54, 1.807) is 0 Å². The van der Waals surface area contributed by atoms with E-state index in [0.29, 0.717) is 5.02 Å². The quantitative estimate of drug-likeness (QED) is 0.730. The largest absolute Gasteiger partial charge is 0.309 e. The fourth-order valence-electron chi connectivity index (χ4n) is 2.31. The van der Waals surface area contributed by atoms with Crippen LogP contribution in [0.25, 0.3) is 0 Å². The molecule has 0 bridgehead atoms. The molecule has 106 valence electrons. The predicted octanol–water partition coefficient (Wildman–Crippen LogP) is 5.68. The van der Waals surface area contributed by atoms with Crippen LogP contribution in [0.1, 0.15) is 28.3 Å². The molecular weight excluding hydrogens is 357 g/mol. The van der Waals surface area contributed by atoms with Crippen LogP contribution >= 0.6 is 39.1 Å². The van der Waals surface area contributed by atoms with Gasteiger partial charge in [-0.1, -0.05) is 35.3 Å². The molecule has 0 aliphatic rings. The molecule has 0 aromatic heterocycles. The number of hydrogen-bond donors (Lipinski definition) is 1. The minimum Gasteiger partial charge on any atom is -0.309 e. The average Bonchev–Trinajstić information content (AvgIpc) is 2.40. The molecule has 1 atom stereocenters. The molecular formula is C16H16BrCl2N. The summed E-state index contributed by atoms with van der Waals surface area (Å²) < 4.78 is 0.903. The number of hydrogen-bond acceptors (Lipinski definition) is 1. The number of benzene rings is 2. The Balaban J connectivity index is 2.52. The number of aryl methyl sites for hydroxylation is 2. The highest BCUT2D eigenvalue weighted by atomic mass is 79.9. The monoisotopic (exact) mass is 371 g/mol. The van der Waals surface area contributed by atoms with Crippen molar-refractivity contribution in [3.8, 4) is 0 Å². The van der Waals surface area contributed by atoms with E-state index in [0.717, 1.165) is 20.6 Å². The lowest BCUT2D eigenvalue weighted by atomic mass is 9.93. The topological polar surface area (TPSA) is 12.0 Å². The minimum atomic E-state index is 0.111. The Morgan fingerprint density at radius 2 is 1.70 bits per heavy atom. The standard InChI is InChI=1S/C16H16BrCl2N/c1-9-7-15(19)10(2)6-12(9)16(20-3)11-4-5-14(18)13(17)8-11/h4-8,16,20H,1-3H3. The van der Waals surface area contributed by atoms with Gasteiger partial charge in [0.1, 0.15) is 0 Å². The number of nitrogens with one attached hydrogen (secondary N) is 1. The smallest absolute Gasteiger partial charge is 0.0577 e. The maximum atomic E-state index is 6.18. The van der Waals surface area contributed by atoms with Gasteiger partial charge in [0.15, 0.2) is 0 Å². The molecule has 0 saturated carbocycles. The van der Waals surface area contributed by atoms with E-state index in [4.69, 9.17) is 23.2 Å². The molecule has 0 aliphatic carbocycles. The Kier molecular flexibility index (Phi) is 5.14. The van der Waals surface area contributed by atoms with Crippen LogP contribution in [0.2, 0.25) is 10.0 Å². The van der Waals surface area contributed by atoms with Crippen LogP contribution < -0.4 is 5.32 Å². The van der Waals surface area contributed by atoms with Gasteiger partial charge < -0.3 is 5.32 Å². The molecule has 0 fully saturated rings. The van der Waals surface area contributed by atoms with Crippen LogP contribution in [0.15, 0.2) is 34.8 Å². The molecule has 0 aliphatic heterocycles. The first-order valence-electron chi connectivity index (χ1n) is 6.33. The third kappa shape index (κ3) is 3.20. The fraction of sp³-hybridized carbons (Fsp3) is 0.250. The summed E-state index contributed by atoms with van der Waals surface area (Å²) in [6, 6.07) is 10.3. The molecule has 0 heterocycles. The predicted molar refractivity (Wildman–Crippen MR) is 91.0 cm³/mol. The summed E-state index contributed by atoms with van der Waals surface area (Å²) in [5.74, 6) is 0. The Hall–Kier alpha value is -0.540. The zero-order valence-corrected chi connectivity index (χ0v) is 14.7. The van der Waals surface area contributed by atoms with E-state index in [1.165, 1.54) is 11.1 Å². The molecule has 1 unspecified atom stereocenters. The molecule has 2 aromatic rings. The van der Waals surface area contributed by atoms with Gasteiger partial charge in [-0.05, 0) is 77.3 Å². The van der Waals surface area contributed by atoms with Gasteiger partial charge in [-0.25, -0.2) is 0 Å². The fourth-order valence-corrected chi connectivity index (χ4v) is 3.04. The second-order valence-corrected chi connectivity index (χ2v) is 6.52. The summed E-state index contributed by atoms with van der Waals surface area (Å²) in [6.07, 6.45) is 0. The first kappa shape index (κ1) is 15.8. The highest BCUT2D eigenvalue weighted by Crippen LogP contribution is 2.32. The molecule has 1 N–H and O–H groups in total. The van der Waals surface area contributed by atoms with Gasteiger partial charge in [-0.3, -0.25) is 0 Å². The zero-order chi connectivity index (χ0) is 14.9. The molecule has 0 spiro atoms. The van der Waals surface area contributed by atoms with Gasteiger partial charge in [-0.2, -0.15) is 0 Å². The van der Waals surface area contributed by atoms with Crippen LogP contribution in [-0.4, -0.2) is 7.05 Å². The maximum absolute atomic E-state index is 6.18. The van der Waals surface area contributed by atoms with Crippen molar-refractivity contribution in [2.45, 2.75) is 19.9 Å². The lowest BCUT2D eigenvalue weighted by Gasteiger charge is -2.21. The molecule has 0 saturated heterocycles. The van der Waals surface area contributed by atoms with Crippen LogP contribution in [0, 0.1) is 13.8 Å². The summed E-state index contributed by atoms with van der Waals surface area (Å²) >= 11 is 15.7. The lowest BCUT2D eigenvalue weighted by molar-refractivity contribution is 0.686. The van der Waals surface area contributed by atoms with Gasteiger partial charge in [0.2, 0.25) is 0 Å². The lowest BCUT2D eigenvalue weighted by Crippen LogP contribution is -2.19. The van der Waals surface area contributed by atoms with Gasteiger partial charge in [0, 0.05) is 9.50 Å². The molecule has 0 radical (unpaired) electrons. The van der Waals surface area contributed by atoms with Gasteiger partial charge in [-0.15, -0.1) is 0 Å². The number of halogens is 3. The summed E-state index contributed by atoms with van der Waals surface area (Å²) in [6.45, 7) is 4.10. The normalized spacial score (nSPS) is 12.5. The third-order valence-corrected chi connectivity index (χ3v) is 5.05. The molecule has 4 heteroatoms. The Bertz CT molecular complexity index is 641. The first-order valence-corrected chi connectivity index (χ1v) is 7.87. The van der Waals surface area contributed by atoms with E-state index in [9.17, 15) is 0 Å². The van der Waals surface area contributed by atoms with Crippen molar-refractivity contribution in [1.82, 2.24) is 5.32 Å². The minimum absolute atomic E-state index is 0.111. The Morgan fingerprint density at radius 3 is 2.30 bits per heavy atom. The van der Waals surface area contributed by atoms with Crippen LogP contribution in [0.5, 0.6) is 0 Å². The highest BCUT2D eigenvalue weighted by molar-refractivity contribution is 9.10. The van der Waals surface area contributed by atoms with Crippen molar-refractivity contribution in [2.75, 3.05) is 7.05 Å². The Morgan fingerprint density at radius 1 is 1.00 bits per heavy atom. The summed E-state index contributed by atoms with van der Waals surface area (Å²) in [5, 5.41) is 4.88. The highest BCUT2D eigenvalue weighted by Gasteiger charge is 2.16. The van der Waals surface area contributed by atoms with E-state index < -0.39 is 0 Å². The van der Waals surface area contributed by atoms with Crippen molar-refractivity contribution in [3.05, 3.63) is 67.1 Å². The van der Waals surface area contributed by atoms with E-state index >= 15 is 0 Å².